The predicted octanol–water partition coefficient (Wildman–Crippen LogP) is 3.49. The lowest BCUT2D eigenvalue weighted by Gasteiger charge is -2.18. The standard InChI is InChI=1S/C19H34O5/c1-3-5-7-9-11-13-16(20)15-18(22)19(23,24)17(21)14-12-10-8-6-4-2/h23-24H,3-15H2,1-2H3. The minimum atomic E-state index is -3.01. The van der Waals surface area contributed by atoms with Gasteiger partial charge in [-0.1, -0.05) is 65.2 Å². The molecule has 24 heavy (non-hydrogen) atoms. The predicted molar refractivity (Wildman–Crippen MR) is 93.6 cm³/mol. The monoisotopic (exact) mass is 342 g/mol. The summed E-state index contributed by atoms with van der Waals surface area (Å²) in [5.74, 6) is -5.35. The Kier molecular flexibility index (Phi) is 12.7. The molecule has 5 nitrogen and oxygen atoms in total. The summed E-state index contributed by atoms with van der Waals surface area (Å²) >= 11 is 0. The molecule has 5 heteroatoms. The lowest BCUT2D eigenvalue weighted by Crippen LogP contribution is -2.47. The van der Waals surface area contributed by atoms with Gasteiger partial charge in [-0.25, -0.2) is 0 Å². The van der Waals surface area contributed by atoms with E-state index in [1.807, 2.05) is 0 Å². The summed E-state index contributed by atoms with van der Waals surface area (Å²) in [7, 11) is 0. The molecule has 0 saturated carbocycles. The van der Waals surface area contributed by atoms with E-state index < -0.39 is 23.8 Å². The highest BCUT2D eigenvalue weighted by molar-refractivity contribution is 6.13. The first-order valence-corrected chi connectivity index (χ1v) is 9.39. The Bertz CT molecular complexity index is 387. The van der Waals surface area contributed by atoms with Crippen molar-refractivity contribution in [1.82, 2.24) is 0 Å². The fourth-order valence-corrected chi connectivity index (χ4v) is 2.54. The van der Waals surface area contributed by atoms with E-state index in [4.69, 9.17) is 0 Å². The van der Waals surface area contributed by atoms with Gasteiger partial charge in [0.15, 0.2) is 5.78 Å². The van der Waals surface area contributed by atoms with Gasteiger partial charge in [-0.2, -0.15) is 0 Å². The van der Waals surface area contributed by atoms with Crippen LogP contribution in [0.2, 0.25) is 0 Å². The van der Waals surface area contributed by atoms with E-state index >= 15 is 0 Å². The highest BCUT2D eigenvalue weighted by Crippen LogP contribution is 2.15. The zero-order valence-electron chi connectivity index (χ0n) is 15.3. The third kappa shape index (κ3) is 9.93. The normalized spacial score (nSPS) is 11.5. The number of aliphatic hydroxyl groups is 2. The molecule has 0 aromatic heterocycles. The van der Waals surface area contributed by atoms with Crippen LogP contribution in [0.4, 0.5) is 0 Å². The summed E-state index contributed by atoms with van der Waals surface area (Å²) in [4.78, 5) is 35.4. The van der Waals surface area contributed by atoms with Gasteiger partial charge in [-0.05, 0) is 12.8 Å². The van der Waals surface area contributed by atoms with Crippen LogP contribution in [-0.2, 0) is 14.4 Å². The van der Waals surface area contributed by atoms with Crippen molar-refractivity contribution in [3.05, 3.63) is 0 Å². The van der Waals surface area contributed by atoms with E-state index in [0.29, 0.717) is 12.8 Å². The van der Waals surface area contributed by atoms with E-state index in [-0.39, 0.29) is 18.6 Å². The molecule has 0 rings (SSSR count). The van der Waals surface area contributed by atoms with Crippen molar-refractivity contribution in [2.45, 2.75) is 103 Å². The topological polar surface area (TPSA) is 91.7 Å². The maximum absolute atomic E-state index is 11.8. The maximum Gasteiger partial charge on any atom is 0.285 e. The van der Waals surface area contributed by atoms with Crippen LogP contribution in [0.3, 0.4) is 0 Å². The quantitative estimate of drug-likeness (QED) is 0.254. The SMILES string of the molecule is CCCCCCCC(=O)CC(=O)C(O)(O)C(=O)CCCCCCC. The van der Waals surface area contributed by atoms with Crippen molar-refractivity contribution >= 4 is 17.3 Å². The minimum Gasteiger partial charge on any atom is -0.354 e. The van der Waals surface area contributed by atoms with Gasteiger partial charge in [0.25, 0.3) is 5.79 Å². The second-order valence-electron chi connectivity index (χ2n) is 6.56. The second kappa shape index (κ2) is 13.2. The molecule has 0 aliphatic rings. The van der Waals surface area contributed by atoms with E-state index in [9.17, 15) is 24.6 Å². The molecular weight excluding hydrogens is 308 g/mol. The Balaban J connectivity index is 4.11. The fraction of sp³-hybridized carbons (Fsp3) is 0.842. The molecule has 0 atom stereocenters. The van der Waals surface area contributed by atoms with Crippen LogP contribution in [-0.4, -0.2) is 33.3 Å². The van der Waals surface area contributed by atoms with Gasteiger partial charge in [-0.15, -0.1) is 0 Å². The Morgan fingerprint density at radius 3 is 1.62 bits per heavy atom. The highest BCUT2D eigenvalue weighted by Gasteiger charge is 2.41. The van der Waals surface area contributed by atoms with E-state index in [2.05, 4.69) is 13.8 Å². The minimum absolute atomic E-state index is 0.0480. The van der Waals surface area contributed by atoms with Gasteiger partial charge < -0.3 is 10.2 Å². The van der Waals surface area contributed by atoms with Gasteiger partial charge >= 0.3 is 0 Å². The summed E-state index contributed by atoms with van der Waals surface area (Å²) in [6.07, 6.45) is 9.01. The van der Waals surface area contributed by atoms with Crippen molar-refractivity contribution in [2.75, 3.05) is 0 Å². The molecule has 0 aliphatic heterocycles. The van der Waals surface area contributed by atoms with Crippen LogP contribution in [0.25, 0.3) is 0 Å². The third-order valence-electron chi connectivity index (χ3n) is 4.20. The number of hydrogen-bond donors (Lipinski definition) is 2. The average Bonchev–Trinajstić information content (AvgIpc) is 2.54. The molecule has 0 bridgehead atoms. The zero-order chi connectivity index (χ0) is 18.4. The first kappa shape index (κ1) is 22.9. The molecule has 0 saturated heterocycles. The highest BCUT2D eigenvalue weighted by atomic mass is 16.5. The van der Waals surface area contributed by atoms with Crippen molar-refractivity contribution in [3.8, 4) is 0 Å². The Hall–Kier alpha value is -1.07. The van der Waals surface area contributed by atoms with E-state index in [1.54, 1.807) is 0 Å². The van der Waals surface area contributed by atoms with Gasteiger partial charge in [-0.3, -0.25) is 14.4 Å². The second-order valence-corrected chi connectivity index (χ2v) is 6.56. The van der Waals surface area contributed by atoms with Crippen molar-refractivity contribution in [1.29, 1.82) is 0 Å². The van der Waals surface area contributed by atoms with Crippen LogP contribution in [0.1, 0.15) is 97.3 Å². The van der Waals surface area contributed by atoms with Gasteiger partial charge in [0.1, 0.15) is 5.78 Å². The van der Waals surface area contributed by atoms with Crippen LogP contribution < -0.4 is 0 Å². The molecule has 0 amide bonds. The Morgan fingerprint density at radius 1 is 0.667 bits per heavy atom. The molecule has 140 valence electrons. The van der Waals surface area contributed by atoms with Crippen molar-refractivity contribution in [3.63, 3.8) is 0 Å². The number of carbonyl (C=O) groups excluding carboxylic acids is 3. The number of carbonyl (C=O) groups is 3. The number of ketones is 3. The van der Waals surface area contributed by atoms with Crippen LogP contribution in [0.5, 0.6) is 0 Å². The summed E-state index contributed by atoms with van der Waals surface area (Å²) < 4.78 is 0. The van der Waals surface area contributed by atoms with Crippen LogP contribution >= 0.6 is 0 Å². The molecule has 0 spiro atoms. The van der Waals surface area contributed by atoms with E-state index in [0.717, 1.165) is 51.4 Å². The smallest absolute Gasteiger partial charge is 0.285 e. The number of unbranched alkanes of at least 4 members (excludes halogenated alkanes) is 8. The van der Waals surface area contributed by atoms with Crippen molar-refractivity contribution < 1.29 is 24.6 Å². The molecule has 0 aromatic rings. The van der Waals surface area contributed by atoms with Crippen LogP contribution in [0, 0.1) is 0 Å². The van der Waals surface area contributed by atoms with Gasteiger partial charge in [0, 0.05) is 12.8 Å². The molecule has 0 aliphatic carbocycles. The summed E-state index contributed by atoms with van der Waals surface area (Å²) in [6, 6.07) is 0. The van der Waals surface area contributed by atoms with Crippen molar-refractivity contribution in [2.24, 2.45) is 0 Å². The first-order valence-electron chi connectivity index (χ1n) is 9.39. The van der Waals surface area contributed by atoms with Gasteiger partial charge in [0.2, 0.25) is 5.78 Å². The molecular formula is C19H34O5. The summed E-state index contributed by atoms with van der Waals surface area (Å²) in [5.41, 5.74) is 0. The maximum atomic E-state index is 11.8. The average molecular weight is 342 g/mol. The molecule has 0 fully saturated rings. The molecule has 0 unspecified atom stereocenters. The molecule has 0 aromatic carbocycles. The lowest BCUT2D eigenvalue weighted by atomic mass is 9.96. The largest absolute Gasteiger partial charge is 0.354 e. The van der Waals surface area contributed by atoms with E-state index in [1.165, 1.54) is 0 Å². The molecule has 0 heterocycles. The van der Waals surface area contributed by atoms with Crippen LogP contribution in [0.15, 0.2) is 0 Å². The summed E-state index contributed by atoms with van der Waals surface area (Å²) in [6.45, 7) is 4.18. The zero-order valence-corrected chi connectivity index (χ0v) is 15.3. The third-order valence-corrected chi connectivity index (χ3v) is 4.20. The Morgan fingerprint density at radius 2 is 1.12 bits per heavy atom. The molecule has 2 N–H and O–H groups in total. The fourth-order valence-electron chi connectivity index (χ4n) is 2.54. The van der Waals surface area contributed by atoms with Gasteiger partial charge in [0.05, 0.1) is 6.42 Å². The Labute approximate surface area is 145 Å². The number of hydrogen-bond acceptors (Lipinski definition) is 5. The lowest BCUT2D eigenvalue weighted by molar-refractivity contribution is -0.189. The summed E-state index contributed by atoms with van der Waals surface area (Å²) in [5, 5.41) is 19.5. The number of Topliss-reactive ketones (excluding diaryl/α,β-unsaturated/α-hetero) is 3. The first-order chi connectivity index (χ1) is 11.4. The number of rotatable bonds is 16. The molecule has 0 radical (unpaired) electrons.